The van der Waals surface area contributed by atoms with Crippen molar-refractivity contribution in [3.63, 3.8) is 0 Å². The van der Waals surface area contributed by atoms with Gasteiger partial charge in [0.15, 0.2) is 11.6 Å². The van der Waals surface area contributed by atoms with Crippen molar-refractivity contribution in [3.8, 4) is 0 Å². The monoisotopic (exact) mass is 1800 g/mol. The standard InChI is InChI=1S/C57H88N12O16.C29H46N6O8/c1-38(70)82-34-40-30-66(54(74)13-15-58-56(76)84-36-48-44-5-9-50-52(11-7-46(44)48)68(62-60-50)21-23-80-27-25-78-3)19-17-64(40)32-42(72)29-43(73)33-65-18-20-67(31-41(65)35-83-39(2)71)55(75)14-16-59-57(77)85-37-49-45-6-10-51-53(12-8-47(45)49)69(63-61-51)22-24-81-28-26-79-4;1-20(36)16-33-10-11-34(17-22(33)18-42-21(2)37)28(38)8-9-30-29(39)43-19-25-23-4-6-26-27(7-5-24(23)25)35(32-31-26)12-13-41-15-14-40-3/h40-41,44-49H,5-37H2,1-4H3,(H,58,76)(H,59,77);22-25H,4-19H2,1-3H3,(H,30,39)/t40?,41?,44-,45+,46+,47-,48-,49+;22?,23-,24+,25-/m.0/s1. The summed E-state index contributed by atoms with van der Waals surface area (Å²) in [5.41, 5.74) is 6.56. The second kappa shape index (κ2) is 50.8. The van der Waals surface area contributed by atoms with E-state index in [0.29, 0.717) is 160 Å². The lowest BCUT2D eigenvalue weighted by molar-refractivity contribution is -0.147. The van der Waals surface area contributed by atoms with Crippen LogP contribution in [0.5, 0.6) is 0 Å². The fraction of sp³-hybridized carbons (Fsp3) is 0.791. The van der Waals surface area contributed by atoms with E-state index in [-0.39, 0.29) is 177 Å². The molecule has 3 aromatic rings. The molecule has 3 unspecified atom stereocenters. The Balaban J connectivity index is 0.000000308. The number of nitrogens with one attached hydrogen (secondary N) is 3. The van der Waals surface area contributed by atoms with Crippen LogP contribution in [0.3, 0.4) is 0 Å². The number of carbonyl (C=O) groups excluding carboxylic acids is 12. The number of methoxy groups -OCH3 is 3. The molecule has 3 aromatic heterocycles. The average Bonchev–Trinajstić information content (AvgIpc) is 1.62. The van der Waals surface area contributed by atoms with Gasteiger partial charge in [-0.3, -0.25) is 57.9 Å². The van der Waals surface area contributed by atoms with Gasteiger partial charge in [0, 0.05) is 140 Å². The average molecular weight is 1800 g/mol. The zero-order chi connectivity index (χ0) is 91.0. The van der Waals surface area contributed by atoms with Gasteiger partial charge < -0.3 is 87.5 Å². The van der Waals surface area contributed by atoms with Crippen molar-refractivity contribution >= 4 is 71.3 Å². The maximum absolute atomic E-state index is 13.5. The number of esters is 3. The van der Waals surface area contributed by atoms with Gasteiger partial charge in [0.05, 0.1) is 177 Å². The van der Waals surface area contributed by atoms with Crippen molar-refractivity contribution < 1.29 is 114 Å². The maximum Gasteiger partial charge on any atom is 0.407 e. The fourth-order valence-corrected chi connectivity index (χ4v) is 19.1. The largest absolute Gasteiger partial charge is 0.464 e. The van der Waals surface area contributed by atoms with Gasteiger partial charge in [-0.25, -0.2) is 28.4 Å². The molecule has 6 amide bonds. The number of aromatic nitrogens is 9. The topological polar surface area (TPSA) is 463 Å². The summed E-state index contributed by atoms with van der Waals surface area (Å²) in [6.07, 6.45) is 9.03. The molecule has 9 aliphatic rings. The first-order valence-electron chi connectivity index (χ1n) is 45.6. The third-order valence-corrected chi connectivity index (χ3v) is 26.1. The van der Waals surface area contributed by atoms with E-state index in [1.54, 1.807) is 45.8 Å². The number of ether oxygens (including phenoxy) is 12. The number of nitrogens with zero attached hydrogens (tertiary/aromatic N) is 15. The van der Waals surface area contributed by atoms with E-state index in [0.717, 1.165) is 106 Å². The molecule has 0 spiro atoms. The lowest BCUT2D eigenvalue weighted by Gasteiger charge is -2.41. The molecule has 0 radical (unpaired) electrons. The molecule has 0 bridgehead atoms. The summed E-state index contributed by atoms with van der Waals surface area (Å²) in [4.78, 5) is 162. The molecule has 0 aromatic carbocycles. The van der Waals surface area contributed by atoms with Gasteiger partial charge in [-0.05, 0) is 137 Å². The fourth-order valence-electron chi connectivity index (χ4n) is 19.1. The molecule has 3 saturated carbocycles. The minimum Gasteiger partial charge on any atom is -0.464 e. The molecule has 128 heavy (non-hydrogen) atoms. The van der Waals surface area contributed by atoms with Gasteiger partial charge in [0.1, 0.15) is 25.6 Å². The van der Waals surface area contributed by atoms with Crippen LogP contribution in [-0.4, -0.2) is 382 Å². The van der Waals surface area contributed by atoms with Gasteiger partial charge in [-0.2, -0.15) is 0 Å². The predicted molar refractivity (Wildman–Crippen MR) is 452 cm³/mol. The van der Waals surface area contributed by atoms with Gasteiger partial charge in [0.2, 0.25) is 17.7 Å². The molecule has 3 aliphatic heterocycles. The van der Waals surface area contributed by atoms with E-state index >= 15 is 0 Å². The third kappa shape index (κ3) is 30.7. The molecule has 6 fully saturated rings. The number of aryl methyl sites for hydroxylation is 3. The number of hydrogen-bond acceptors (Lipinski definition) is 33. The van der Waals surface area contributed by atoms with Gasteiger partial charge in [-0.15, -0.1) is 15.3 Å². The first kappa shape index (κ1) is 99.3. The Hall–Kier alpha value is -9.30. The van der Waals surface area contributed by atoms with Crippen LogP contribution in [0, 0.1) is 53.3 Å². The van der Waals surface area contributed by atoms with Crippen molar-refractivity contribution in [3.05, 3.63) is 34.2 Å². The van der Waals surface area contributed by atoms with E-state index < -0.39 is 48.3 Å². The van der Waals surface area contributed by atoms with Crippen LogP contribution in [-0.2, 0) is 158 Å². The van der Waals surface area contributed by atoms with Crippen LogP contribution in [0.1, 0.15) is 126 Å². The van der Waals surface area contributed by atoms with Crippen LogP contribution >= 0.6 is 0 Å². The van der Waals surface area contributed by atoms with Crippen molar-refractivity contribution in [1.29, 1.82) is 0 Å². The number of piperazine rings is 3. The molecular formula is C86H134N18O24. The Morgan fingerprint density at radius 3 is 0.914 bits per heavy atom. The Morgan fingerprint density at radius 1 is 0.344 bits per heavy atom. The Morgan fingerprint density at radius 2 is 0.633 bits per heavy atom. The summed E-state index contributed by atoms with van der Waals surface area (Å²) in [7, 11) is 4.93. The minimum atomic E-state index is -0.585. The highest BCUT2D eigenvalue weighted by Crippen LogP contribution is 2.55. The molecule has 6 heterocycles. The van der Waals surface area contributed by atoms with E-state index in [1.165, 1.54) is 33.4 Å². The predicted octanol–water partition coefficient (Wildman–Crippen LogP) is 0.754. The molecule has 3 N–H and O–H groups in total. The zero-order valence-electron chi connectivity index (χ0n) is 75.6. The molecule has 42 nitrogen and oxygen atoms in total. The van der Waals surface area contributed by atoms with E-state index in [9.17, 15) is 57.5 Å². The Bertz CT molecular complexity index is 4000. The molecule has 12 atom stereocenters. The second-order valence-electron chi connectivity index (χ2n) is 34.7. The SMILES string of the molecule is COCCOCCn1nnc2c1CC[C@@H]1[C@H](CC2)[C@@H]1COC(=O)NCCC(=O)N1CCN(CC(=O)CC(=O)CN2CCN(C(=O)CCNC(=O)OC[C@@H]3[C@@H]4CCc5nnn(CCOCCOC)c5CC[C@@H]43)CC2COC(C)=O)C(COC(C)=O)C1.COCCOCCn1nnc2c1CC[C@@H]1[C@H](CC2)[C@@H]1COC(=O)NCCC(=O)N1CCN(CC(C)=O)C(COC(C)=O)C1. The molecule has 712 valence electrons. The van der Waals surface area contributed by atoms with E-state index in [2.05, 4.69) is 46.9 Å². The van der Waals surface area contributed by atoms with Crippen LogP contribution in [0.4, 0.5) is 14.4 Å². The van der Waals surface area contributed by atoms with Gasteiger partial charge in [0.25, 0.3) is 0 Å². The summed E-state index contributed by atoms with van der Waals surface area (Å²) in [6, 6.07) is -1.30. The Kier molecular flexibility index (Phi) is 39.4. The van der Waals surface area contributed by atoms with E-state index in [4.69, 9.17) is 56.8 Å². The molecule has 6 aliphatic carbocycles. The van der Waals surface area contributed by atoms with Gasteiger partial charge in [-0.1, -0.05) is 15.6 Å². The number of ketones is 3. The minimum absolute atomic E-state index is 0.0114. The molecular weight excluding hydrogens is 1670 g/mol. The van der Waals surface area contributed by atoms with Crippen molar-refractivity contribution in [2.24, 2.45) is 53.3 Å². The highest BCUT2D eigenvalue weighted by Gasteiger charge is 2.53. The third-order valence-electron chi connectivity index (χ3n) is 26.1. The number of fused-ring (bicyclic) bond motifs is 6. The lowest BCUT2D eigenvalue weighted by Crippen LogP contribution is -2.58. The van der Waals surface area contributed by atoms with E-state index in [1.807, 2.05) is 18.9 Å². The highest BCUT2D eigenvalue weighted by molar-refractivity contribution is 6.01. The number of rotatable bonds is 47. The van der Waals surface area contributed by atoms with Crippen molar-refractivity contribution in [2.75, 3.05) is 219 Å². The van der Waals surface area contributed by atoms with Crippen LogP contribution < -0.4 is 16.0 Å². The van der Waals surface area contributed by atoms with Crippen LogP contribution in [0.2, 0.25) is 0 Å². The smallest absolute Gasteiger partial charge is 0.407 e. The molecule has 12 rings (SSSR count). The first-order chi connectivity index (χ1) is 61.9. The van der Waals surface area contributed by atoms with Crippen LogP contribution in [0.15, 0.2) is 0 Å². The van der Waals surface area contributed by atoms with Crippen molar-refractivity contribution in [2.45, 2.75) is 168 Å². The zero-order valence-corrected chi connectivity index (χ0v) is 75.6. The first-order valence-corrected chi connectivity index (χ1v) is 45.6. The summed E-state index contributed by atoms with van der Waals surface area (Å²) in [6.45, 7) is 16.2. The normalized spacial score (nSPS) is 23.6. The molecule has 3 saturated heterocycles. The highest BCUT2D eigenvalue weighted by atomic mass is 16.6. The summed E-state index contributed by atoms with van der Waals surface area (Å²) < 4.78 is 70.4. The summed E-state index contributed by atoms with van der Waals surface area (Å²) >= 11 is 0. The van der Waals surface area contributed by atoms with Crippen molar-refractivity contribution in [1.82, 2.24) is 90.3 Å². The molecule has 42 heteroatoms. The number of carbonyl (C=O) groups is 12. The lowest BCUT2D eigenvalue weighted by atomic mass is 10.0. The quantitative estimate of drug-likeness (QED) is 0.0304. The summed E-state index contributed by atoms with van der Waals surface area (Å²) in [5, 5.41) is 34.5. The van der Waals surface area contributed by atoms with Gasteiger partial charge >= 0.3 is 36.2 Å². The number of hydrogen-bond donors (Lipinski definition) is 3. The number of amides is 6. The summed E-state index contributed by atoms with van der Waals surface area (Å²) in [5.74, 6) is 1.01. The number of Topliss-reactive ketones (excluding diaryl/α,β-unsaturated/α-hetero) is 3. The number of alkyl carbamates (subject to hydrolysis) is 3. The van der Waals surface area contributed by atoms with Crippen LogP contribution in [0.25, 0.3) is 0 Å². The second-order valence-corrected chi connectivity index (χ2v) is 34.7. The maximum atomic E-state index is 13.5. The Labute approximate surface area is 747 Å².